The van der Waals surface area contributed by atoms with E-state index in [0.29, 0.717) is 17.7 Å². The lowest BCUT2D eigenvalue weighted by Gasteiger charge is -2.26. The number of nitrogens with one attached hydrogen (secondary N) is 2. The van der Waals surface area contributed by atoms with Crippen molar-refractivity contribution in [1.29, 1.82) is 0 Å². The van der Waals surface area contributed by atoms with Gasteiger partial charge in [0.25, 0.3) is 5.91 Å². The lowest BCUT2D eigenvalue weighted by Crippen LogP contribution is -2.33. The summed E-state index contributed by atoms with van der Waals surface area (Å²) in [7, 11) is 0. The van der Waals surface area contributed by atoms with Gasteiger partial charge in [-0.3, -0.25) is 4.79 Å². The number of benzene rings is 1. The largest absolute Gasteiger partial charge is 0.344 e. The number of nitrogens with zero attached hydrogens (tertiary/aromatic N) is 3. The van der Waals surface area contributed by atoms with E-state index in [4.69, 9.17) is 0 Å². The first kappa shape index (κ1) is 21.4. The van der Waals surface area contributed by atoms with Crippen molar-refractivity contribution in [2.45, 2.75) is 51.6 Å². The zero-order valence-electron chi connectivity index (χ0n) is 16.1. The van der Waals surface area contributed by atoms with E-state index in [-0.39, 0.29) is 24.4 Å². The van der Waals surface area contributed by atoms with Crippen LogP contribution in [0.5, 0.6) is 0 Å². The molecular weight excluding hydrogens is 362 g/mol. The maximum Gasteiger partial charge on any atom is 0.273 e. The number of hydrogen-bond acceptors (Lipinski definition) is 4. The predicted molar refractivity (Wildman–Crippen MR) is 109 cm³/mol. The fourth-order valence-corrected chi connectivity index (χ4v) is 3.74. The van der Waals surface area contributed by atoms with E-state index in [9.17, 15) is 4.79 Å². The highest BCUT2D eigenvalue weighted by Crippen LogP contribution is 2.27. The Labute approximate surface area is 167 Å². The zero-order valence-corrected chi connectivity index (χ0v) is 16.9. The van der Waals surface area contributed by atoms with Crippen LogP contribution in [0.15, 0.2) is 36.5 Å². The Kier molecular flexibility index (Phi) is 8.25. The molecule has 3 rings (SSSR count). The zero-order chi connectivity index (χ0) is 18.4. The summed E-state index contributed by atoms with van der Waals surface area (Å²) in [5, 5.41) is 14.9. The van der Waals surface area contributed by atoms with Gasteiger partial charge in [0, 0.05) is 0 Å². The summed E-state index contributed by atoms with van der Waals surface area (Å²) in [6.07, 6.45) is 5.85. The number of halogens is 1. The fourth-order valence-electron chi connectivity index (χ4n) is 3.74. The van der Waals surface area contributed by atoms with Crippen molar-refractivity contribution in [3.8, 4) is 0 Å². The summed E-state index contributed by atoms with van der Waals surface area (Å²) in [6, 6.07) is 10.5. The first-order valence-electron chi connectivity index (χ1n) is 9.71. The van der Waals surface area contributed by atoms with E-state index >= 15 is 0 Å². The van der Waals surface area contributed by atoms with Crippen molar-refractivity contribution in [3.05, 3.63) is 47.8 Å². The van der Waals surface area contributed by atoms with Gasteiger partial charge in [-0.25, -0.2) is 4.68 Å². The second-order valence-electron chi connectivity index (χ2n) is 7.00. The third-order valence-corrected chi connectivity index (χ3v) is 5.39. The van der Waals surface area contributed by atoms with Crippen LogP contribution in [0.3, 0.4) is 0 Å². The summed E-state index contributed by atoms with van der Waals surface area (Å²) in [6.45, 7) is 6.31. The van der Waals surface area contributed by atoms with E-state index in [1.165, 1.54) is 0 Å². The smallest absolute Gasteiger partial charge is 0.273 e. The molecule has 1 fully saturated rings. The van der Waals surface area contributed by atoms with Crippen LogP contribution in [0.4, 0.5) is 0 Å². The van der Waals surface area contributed by atoms with Crippen molar-refractivity contribution in [1.82, 2.24) is 25.6 Å². The van der Waals surface area contributed by atoms with E-state index < -0.39 is 0 Å². The Morgan fingerprint density at radius 2 is 1.89 bits per heavy atom. The molecule has 0 bridgehead atoms. The first-order chi connectivity index (χ1) is 12.7. The molecule has 7 heteroatoms. The van der Waals surface area contributed by atoms with Crippen LogP contribution < -0.4 is 10.6 Å². The minimum atomic E-state index is -0.147. The Bertz CT molecular complexity index is 695. The van der Waals surface area contributed by atoms with Crippen LogP contribution in [0.25, 0.3) is 0 Å². The van der Waals surface area contributed by atoms with Gasteiger partial charge in [-0.15, -0.1) is 17.5 Å². The maximum absolute atomic E-state index is 12.8. The number of amides is 1. The summed E-state index contributed by atoms with van der Waals surface area (Å²) in [5.41, 5.74) is 1.54. The van der Waals surface area contributed by atoms with E-state index in [2.05, 4.69) is 46.9 Å². The normalized spacial score (nSPS) is 16.0. The van der Waals surface area contributed by atoms with Crippen molar-refractivity contribution in [2.24, 2.45) is 5.92 Å². The molecule has 1 aromatic heterocycles. The van der Waals surface area contributed by atoms with Gasteiger partial charge < -0.3 is 10.6 Å². The Balaban J connectivity index is 0.00000261. The molecule has 1 aliphatic rings. The van der Waals surface area contributed by atoms with Gasteiger partial charge in [-0.05, 0) is 37.4 Å². The van der Waals surface area contributed by atoms with Gasteiger partial charge in [0.2, 0.25) is 0 Å². The second kappa shape index (κ2) is 10.4. The van der Waals surface area contributed by atoms with E-state index in [0.717, 1.165) is 44.3 Å². The summed E-state index contributed by atoms with van der Waals surface area (Å²) in [5.74, 6) is 0.242. The Morgan fingerprint density at radius 3 is 2.52 bits per heavy atom. The molecule has 1 aromatic carbocycles. The van der Waals surface area contributed by atoms with Crippen LogP contribution in [-0.4, -0.2) is 34.0 Å². The van der Waals surface area contributed by atoms with Gasteiger partial charge in [-0.2, -0.15) is 0 Å². The summed E-state index contributed by atoms with van der Waals surface area (Å²) >= 11 is 0. The van der Waals surface area contributed by atoms with Gasteiger partial charge in [0.1, 0.15) is 0 Å². The minimum Gasteiger partial charge on any atom is -0.344 e. The standard InChI is InChI=1S/C20H29N5O.ClH/c1-3-15(4-2)19(16-8-6-5-7-9-16)22-20(26)18-14-25(24-23-18)17-10-12-21-13-11-17;/h5-9,14-15,17,19,21H,3-4,10-13H2,1-2H3,(H,22,26);1H. The first-order valence-corrected chi connectivity index (χ1v) is 9.71. The van der Waals surface area contributed by atoms with Crippen LogP contribution in [0.1, 0.15) is 67.7 Å². The molecule has 1 atom stereocenters. The van der Waals surface area contributed by atoms with Gasteiger partial charge in [0.15, 0.2) is 5.69 Å². The molecular formula is C20H30ClN5O. The van der Waals surface area contributed by atoms with E-state index in [1.54, 1.807) is 6.20 Å². The third-order valence-electron chi connectivity index (χ3n) is 5.39. The number of carbonyl (C=O) groups is 1. The molecule has 6 nitrogen and oxygen atoms in total. The van der Waals surface area contributed by atoms with Crippen LogP contribution >= 0.6 is 12.4 Å². The molecule has 1 amide bonds. The van der Waals surface area contributed by atoms with Gasteiger partial charge in [0.05, 0.1) is 18.3 Å². The highest BCUT2D eigenvalue weighted by molar-refractivity contribution is 5.92. The minimum absolute atomic E-state index is 0. The van der Waals surface area contributed by atoms with Crippen LogP contribution in [0.2, 0.25) is 0 Å². The Morgan fingerprint density at radius 1 is 1.22 bits per heavy atom. The molecule has 2 heterocycles. The fraction of sp³-hybridized carbons (Fsp3) is 0.550. The van der Waals surface area contributed by atoms with Gasteiger partial charge in [-0.1, -0.05) is 62.2 Å². The van der Waals surface area contributed by atoms with Crippen LogP contribution in [-0.2, 0) is 0 Å². The lowest BCUT2D eigenvalue weighted by molar-refractivity contribution is 0.0914. The summed E-state index contributed by atoms with van der Waals surface area (Å²) in [4.78, 5) is 12.8. The molecule has 1 unspecified atom stereocenters. The molecule has 1 saturated heterocycles. The number of rotatable bonds is 7. The van der Waals surface area contributed by atoms with Crippen molar-refractivity contribution in [2.75, 3.05) is 13.1 Å². The molecule has 2 aromatic rings. The molecule has 1 aliphatic heterocycles. The topological polar surface area (TPSA) is 71.8 Å². The van der Waals surface area contributed by atoms with Crippen molar-refractivity contribution in [3.63, 3.8) is 0 Å². The quantitative estimate of drug-likeness (QED) is 0.757. The lowest BCUT2D eigenvalue weighted by atomic mass is 9.88. The second-order valence-corrected chi connectivity index (χ2v) is 7.00. The monoisotopic (exact) mass is 391 g/mol. The average molecular weight is 392 g/mol. The number of hydrogen-bond donors (Lipinski definition) is 2. The average Bonchev–Trinajstić information content (AvgIpc) is 3.20. The van der Waals surface area contributed by atoms with E-state index in [1.807, 2.05) is 22.9 Å². The predicted octanol–water partition coefficient (Wildman–Crippen LogP) is 3.53. The molecule has 0 saturated carbocycles. The maximum atomic E-state index is 12.8. The molecule has 0 aliphatic carbocycles. The van der Waals surface area contributed by atoms with Crippen LogP contribution in [0, 0.1) is 5.92 Å². The van der Waals surface area contributed by atoms with Crippen molar-refractivity contribution < 1.29 is 4.79 Å². The highest BCUT2D eigenvalue weighted by atomic mass is 35.5. The number of aromatic nitrogens is 3. The molecule has 27 heavy (non-hydrogen) atoms. The molecule has 2 N–H and O–H groups in total. The molecule has 0 radical (unpaired) electrons. The SMILES string of the molecule is CCC(CC)C(NC(=O)c1cn(C2CCNCC2)nn1)c1ccccc1.Cl. The highest BCUT2D eigenvalue weighted by Gasteiger charge is 2.25. The third kappa shape index (κ3) is 5.30. The molecule has 0 spiro atoms. The summed E-state index contributed by atoms with van der Waals surface area (Å²) < 4.78 is 1.85. The number of piperidine rings is 1. The van der Waals surface area contributed by atoms with Gasteiger partial charge >= 0.3 is 0 Å². The van der Waals surface area contributed by atoms with Crippen molar-refractivity contribution >= 4 is 18.3 Å². The molecule has 148 valence electrons. The Hall–Kier alpha value is -1.92. The number of carbonyl (C=O) groups excluding carboxylic acids is 1.